The topological polar surface area (TPSA) is 41.0 Å². The molecular weight excluding hydrogens is 260 g/mol. The second-order valence-corrected chi connectivity index (χ2v) is 7.47. The molecule has 2 rings (SSSR count). The maximum absolute atomic E-state index is 4.83. The van der Waals surface area contributed by atoms with Gasteiger partial charge in [-0.1, -0.05) is 40.5 Å². The van der Waals surface area contributed by atoms with Gasteiger partial charge in [0.05, 0.1) is 0 Å². The van der Waals surface area contributed by atoms with E-state index in [1.807, 2.05) is 7.05 Å². The molecule has 21 heavy (non-hydrogen) atoms. The second kappa shape index (κ2) is 6.20. The molecule has 1 aromatic heterocycles. The fraction of sp³-hybridized carbons (Fsp3) is 0.765. The zero-order chi connectivity index (χ0) is 15.6. The van der Waals surface area contributed by atoms with Gasteiger partial charge in [0.1, 0.15) is 17.5 Å². The molecular formula is C17H30N4. The molecule has 4 nitrogen and oxygen atoms in total. The first kappa shape index (κ1) is 16.1. The molecule has 1 aliphatic rings. The minimum Gasteiger partial charge on any atom is -0.373 e. The van der Waals surface area contributed by atoms with Crippen LogP contribution in [0.25, 0.3) is 0 Å². The maximum atomic E-state index is 4.83. The SMILES string of the molecule is CNc1cc(N(C)C2CCCC(C)C2)nc(C(C)(C)C)n1. The van der Waals surface area contributed by atoms with E-state index in [2.05, 4.69) is 56.0 Å². The van der Waals surface area contributed by atoms with Crippen molar-refractivity contribution in [2.45, 2.75) is 64.8 Å². The molecule has 0 spiro atoms. The van der Waals surface area contributed by atoms with Gasteiger partial charge < -0.3 is 10.2 Å². The van der Waals surface area contributed by atoms with Crippen molar-refractivity contribution in [2.24, 2.45) is 5.92 Å². The molecule has 0 aliphatic heterocycles. The van der Waals surface area contributed by atoms with E-state index in [0.29, 0.717) is 6.04 Å². The van der Waals surface area contributed by atoms with Gasteiger partial charge in [-0.2, -0.15) is 0 Å². The smallest absolute Gasteiger partial charge is 0.138 e. The Morgan fingerprint density at radius 3 is 2.52 bits per heavy atom. The summed E-state index contributed by atoms with van der Waals surface area (Å²) in [5, 5.41) is 3.17. The molecule has 0 bridgehead atoms. The van der Waals surface area contributed by atoms with E-state index < -0.39 is 0 Å². The highest BCUT2D eigenvalue weighted by molar-refractivity contribution is 5.50. The number of aromatic nitrogens is 2. The summed E-state index contributed by atoms with van der Waals surface area (Å²) in [5.74, 6) is 3.66. The van der Waals surface area contributed by atoms with Crippen LogP contribution in [0.5, 0.6) is 0 Å². The highest BCUT2D eigenvalue weighted by Gasteiger charge is 2.25. The predicted molar refractivity (Wildman–Crippen MR) is 90.1 cm³/mol. The van der Waals surface area contributed by atoms with Gasteiger partial charge in [-0.25, -0.2) is 9.97 Å². The summed E-state index contributed by atoms with van der Waals surface area (Å²) >= 11 is 0. The lowest BCUT2D eigenvalue weighted by atomic mass is 9.86. The number of hydrogen-bond acceptors (Lipinski definition) is 4. The molecule has 0 amide bonds. The van der Waals surface area contributed by atoms with Crippen molar-refractivity contribution in [3.05, 3.63) is 11.9 Å². The van der Waals surface area contributed by atoms with Crippen LogP contribution in [-0.2, 0) is 5.41 Å². The van der Waals surface area contributed by atoms with E-state index in [-0.39, 0.29) is 5.41 Å². The predicted octanol–water partition coefficient (Wildman–Crippen LogP) is 3.83. The Labute approximate surface area is 129 Å². The first-order valence-electron chi connectivity index (χ1n) is 8.11. The van der Waals surface area contributed by atoms with Crippen molar-refractivity contribution in [1.29, 1.82) is 0 Å². The lowest BCUT2D eigenvalue weighted by molar-refractivity contribution is 0.335. The summed E-state index contributed by atoms with van der Waals surface area (Å²) < 4.78 is 0. The highest BCUT2D eigenvalue weighted by atomic mass is 15.2. The van der Waals surface area contributed by atoms with Crippen LogP contribution in [-0.4, -0.2) is 30.1 Å². The van der Waals surface area contributed by atoms with Gasteiger partial charge in [0, 0.05) is 31.6 Å². The highest BCUT2D eigenvalue weighted by Crippen LogP contribution is 2.30. The fourth-order valence-corrected chi connectivity index (χ4v) is 3.02. The van der Waals surface area contributed by atoms with Gasteiger partial charge in [0.15, 0.2) is 0 Å². The first-order valence-corrected chi connectivity index (χ1v) is 8.11. The Morgan fingerprint density at radius 1 is 1.24 bits per heavy atom. The zero-order valence-corrected chi connectivity index (χ0v) is 14.4. The Bertz CT molecular complexity index is 478. The monoisotopic (exact) mass is 290 g/mol. The second-order valence-electron chi connectivity index (χ2n) is 7.47. The summed E-state index contributed by atoms with van der Waals surface area (Å²) in [6, 6.07) is 2.66. The molecule has 1 aromatic rings. The molecule has 2 unspecified atom stereocenters. The Balaban J connectivity index is 2.29. The number of anilines is 2. The summed E-state index contributed by atoms with van der Waals surface area (Å²) in [7, 11) is 4.10. The molecule has 0 saturated heterocycles. The minimum atomic E-state index is -0.0394. The summed E-state index contributed by atoms with van der Waals surface area (Å²) in [5.41, 5.74) is -0.0394. The molecule has 1 aliphatic carbocycles. The maximum Gasteiger partial charge on any atom is 0.138 e. The standard InChI is InChI=1S/C17H30N4/c1-12-8-7-9-13(10-12)21(6)15-11-14(18-5)19-16(20-15)17(2,3)4/h11-13H,7-10H2,1-6H3,(H,18,19,20). The van der Waals surface area contributed by atoms with Gasteiger partial charge in [-0.3, -0.25) is 0 Å². The summed E-state index contributed by atoms with van der Waals surface area (Å²) in [6.45, 7) is 8.84. The molecule has 1 saturated carbocycles. The molecule has 1 fully saturated rings. The van der Waals surface area contributed by atoms with Crippen LogP contribution in [0.1, 0.15) is 59.2 Å². The largest absolute Gasteiger partial charge is 0.373 e. The lowest BCUT2D eigenvalue weighted by Gasteiger charge is -2.35. The van der Waals surface area contributed by atoms with Gasteiger partial charge in [-0.05, 0) is 18.8 Å². The van der Waals surface area contributed by atoms with E-state index in [9.17, 15) is 0 Å². The zero-order valence-electron chi connectivity index (χ0n) is 14.4. The minimum absolute atomic E-state index is 0.0394. The van der Waals surface area contributed by atoms with Crippen molar-refractivity contribution in [2.75, 3.05) is 24.3 Å². The van der Waals surface area contributed by atoms with Crippen LogP contribution in [0.4, 0.5) is 11.6 Å². The van der Waals surface area contributed by atoms with E-state index in [1.165, 1.54) is 25.7 Å². The molecule has 0 aromatic carbocycles. The van der Waals surface area contributed by atoms with Gasteiger partial charge in [0.25, 0.3) is 0 Å². The molecule has 4 heteroatoms. The van der Waals surface area contributed by atoms with E-state index >= 15 is 0 Å². The Morgan fingerprint density at radius 2 is 1.95 bits per heavy atom. The van der Waals surface area contributed by atoms with Crippen molar-refractivity contribution in [3.8, 4) is 0 Å². The van der Waals surface area contributed by atoms with Crippen LogP contribution in [0.15, 0.2) is 6.07 Å². The van der Waals surface area contributed by atoms with Crippen LogP contribution >= 0.6 is 0 Å². The Kier molecular flexibility index (Phi) is 4.74. The molecule has 118 valence electrons. The molecule has 0 radical (unpaired) electrons. The first-order chi connectivity index (χ1) is 9.81. The van der Waals surface area contributed by atoms with Crippen LogP contribution in [0.3, 0.4) is 0 Å². The number of hydrogen-bond donors (Lipinski definition) is 1. The van der Waals surface area contributed by atoms with Gasteiger partial charge >= 0.3 is 0 Å². The van der Waals surface area contributed by atoms with E-state index in [1.54, 1.807) is 0 Å². The summed E-state index contributed by atoms with van der Waals surface area (Å²) in [6.07, 6.45) is 5.22. The van der Waals surface area contributed by atoms with Crippen LogP contribution in [0, 0.1) is 5.92 Å². The quantitative estimate of drug-likeness (QED) is 0.918. The third kappa shape index (κ3) is 3.86. The molecule has 1 N–H and O–H groups in total. The van der Waals surface area contributed by atoms with E-state index in [0.717, 1.165) is 23.4 Å². The average molecular weight is 290 g/mol. The Hall–Kier alpha value is -1.32. The van der Waals surface area contributed by atoms with Crippen molar-refractivity contribution >= 4 is 11.6 Å². The third-order valence-electron chi connectivity index (χ3n) is 4.46. The lowest BCUT2D eigenvalue weighted by Crippen LogP contribution is -2.36. The number of rotatable bonds is 3. The van der Waals surface area contributed by atoms with Crippen molar-refractivity contribution < 1.29 is 0 Å². The normalized spacial score (nSPS) is 23.0. The number of nitrogens with one attached hydrogen (secondary N) is 1. The third-order valence-corrected chi connectivity index (χ3v) is 4.46. The molecule has 2 atom stereocenters. The van der Waals surface area contributed by atoms with Crippen LogP contribution < -0.4 is 10.2 Å². The van der Waals surface area contributed by atoms with Crippen LogP contribution in [0.2, 0.25) is 0 Å². The van der Waals surface area contributed by atoms with Gasteiger partial charge in [0.2, 0.25) is 0 Å². The fourth-order valence-electron chi connectivity index (χ4n) is 3.02. The van der Waals surface area contributed by atoms with Gasteiger partial charge in [-0.15, -0.1) is 0 Å². The van der Waals surface area contributed by atoms with E-state index in [4.69, 9.17) is 4.98 Å². The number of nitrogens with zero attached hydrogens (tertiary/aromatic N) is 3. The van der Waals surface area contributed by atoms with Crippen molar-refractivity contribution in [1.82, 2.24) is 9.97 Å². The summed E-state index contributed by atoms with van der Waals surface area (Å²) in [4.78, 5) is 11.8. The average Bonchev–Trinajstić information content (AvgIpc) is 2.45. The van der Waals surface area contributed by atoms with Crippen molar-refractivity contribution in [3.63, 3.8) is 0 Å². The molecule has 1 heterocycles.